The van der Waals surface area contributed by atoms with E-state index in [4.69, 9.17) is 0 Å². The fourth-order valence-electron chi connectivity index (χ4n) is 3.68. The lowest BCUT2D eigenvalue weighted by Crippen LogP contribution is -2.38. The second kappa shape index (κ2) is 7.51. The number of carbonyl (C=O) groups is 2. The Morgan fingerprint density at radius 2 is 1.96 bits per heavy atom. The summed E-state index contributed by atoms with van der Waals surface area (Å²) in [6.07, 6.45) is 4.17. The maximum Gasteiger partial charge on any atom is 0.228 e. The van der Waals surface area contributed by atoms with Crippen molar-refractivity contribution in [3.05, 3.63) is 65.5 Å². The molecule has 4 rings (SSSR count). The highest BCUT2D eigenvalue weighted by molar-refractivity contribution is 5.89. The van der Waals surface area contributed by atoms with Crippen LogP contribution in [0.25, 0.3) is 0 Å². The molecule has 27 heavy (non-hydrogen) atoms. The number of hydrogen-bond acceptors (Lipinski definition) is 3. The molecule has 2 fully saturated rings. The van der Waals surface area contributed by atoms with Crippen molar-refractivity contribution in [1.82, 2.24) is 14.8 Å². The van der Waals surface area contributed by atoms with E-state index in [2.05, 4.69) is 36.2 Å². The van der Waals surface area contributed by atoms with Crippen molar-refractivity contribution < 1.29 is 9.59 Å². The van der Waals surface area contributed by atoms with Crippen LogP contribution >= 0.6 is 0 Å². The van der Waals surface area contributed by atoms with Gasteiger partial charge in [0, 0.05) is 31.7 Å². The number of benzene rings is 1. The molecule has 1 aliphatic heterocycles. The molecule has 0 spiro atoms. The summed E-state index contributed by atoms with van der Waals surface area (Å²) in [5.41, 5.74) is 3.22. The van der Waals surface area contributed by atoms with Crippen LogP contribution in [0.4, 0.5) is 0 Å². The second-order valence-corrected chi connectivity index (χ2v) is 7.68. The Bertz CT molecular complexity index is 815. The van der Waals surface area contributed by atoms with Crippen molar-refractivity contribution in [2.75, 3.05) is 6.54 Å². The van der Waals surface area contributed by atoms with Gasteiger partial charge < -0.3 is 9.80 Å². The van der Waals surface area contributed by atoms with E-state index in [0.29, 0.717) is 32.1 Å². The van der Waals surface area contributed by atoms with Gasteiger partial charge in [-0.2, -0.15) is 0 Å². The van der Waals surface area contributed by atoms with Crippen LogP contribution in [0.1, 0.15) is 36.1 Å². The molecule has 1 unspecified atom stereocenters. The first-order valence-electron chi connectivity index (χ1n) is 9.64. The lowest BCUT2D eigenvalue weighted by atomic mass is 10.1. The van der Waals surface area contributed by atoms with Crippen molar-refractivity contribution in [2.45, 2.75) is 45.3 Å². The van der Waals surface area contributed by atoms with E-state index in [0.717, 1.165) is 24.1 Å². The molecule has 1 aromatic heterocycles. The van der Waals surface area contributed by atoms with Gasteiger partial charge in [0.1, 0.15) is 0 Å². The minimum absolute atomic E-state index is 0.0464. The van der Waals surface area contributed by atoms with Gasteiger partial charge in [0.05, 0.1) is 18.2 Å². The van der Waals surface area contributed by atoms with E-state index in [-0.39, 0.29) is 17.7 Å². The third-order valence-electron chi connectivity index (χ3n) is 5.39. The summed E-state index contributed by atoms with van der Waals surface area (Å²) < 4.78 is 0. The van der Waals surface area contributed by atoms with Crippen LogP contribution < -0.4 is 0 Å². The number of aryl methyl sites for hydroxylation is 1. The Balaban J connectivity index is 1.42. The van der Waals surface area contributed by atoms with Crippen LogP contribution in [-0.2, 0) is 22.7 Å². The van der Waals surface area contributed by atoms with Gasteiger partial charge in [0.2, 0.25) is 11.8 Å². The molecule has 1 aromatic carbocycles. The van der Waals surface area contributed by atoms with Crippen molar-refractivity contribution in [3.8, 4) is 0 Å². The Morgan fingerprint density at radius 3 is 2.63 bits per heavy atom. The average Bonchev–Trinajstić information content (AvgIpc) is 3.45. The number of hydrogen-bond donors (Lipinski definition) is 0. The van der Waals surface area contributed by atoms with Crippen LogP contribution in [0.2, 0.25) is 0 Å². The van der Waals surface area contributed by atoms with E-state index in [9.17, 15) is 9.59 Å². The molecule has 140 valence electrons. The van der Waals surface area contributed by atoms with Crippen molar-refractivity contribution in [2.24, 2.45) is 5.92 Å². The summed E-state index contributed by atoms with van der Waals surface area (Å²) in [6.45, 7) is 3.67. The molecular weight excluding hydrogens is 338 g/mol. The molecule has 5 heteroatoms. The van der Waals surface area contributed by atoms with Crippen LogP contribution in [-0.4, -0.2) is 39.2 Å². The number of rotatable bonds is 6. The van der Waals surface area contributed by atoms with Gasteiger partial charge in [-0.1, -0.05) is 35.9 Å². The Hall–Kier alpha value is -2.69. The minimum atomic E-state index is -0.243. The molecule has 2 amide bonds. The normalized spacial score (nSPS) is 19.4. The number of aromatic nitrogens is 1. The van der Waals surface area contributed by atoms with Crippen molar-refractivity contribution in [3.63, 3.8) is 0 Å². The second-order valence-electron chi connectivity index (χ2n) is 7.68. The summed E-state index contributed by atoms with van der Waals surface area (Å²) in [6, 6.07) is 14.4. The first-order chi connectivity index (χ1) is 13.1. The average molecular weight is 363 g/mol. The molecule has 2 heterocycles. The number of likely N-dealkylation sites (tertiary alicyclic amines) is 1. The predicted octanol–water partition coefficient (Wildman–Crippen LogP) is 2.93. The van der Waals surface area contributed by atoms with Gasteiger partial charge in [-0.15, -0.1) is 0 Å². The van der Waals surface area contributed by atoms with Gasteiger partial charge >= 0.3 is 0 Å². The molecule has 0 bridgehead atoms. The van der Waals surface area contributed by atoms with Crippen molar-refractivity contribution in [1.29, 1.82) is 0 Å². The van der Waals surface area contributed by atoms with E-state index < -0.39 is 0 Å². The largest absolute Gasteiger partial charge is 0.336 e. The zero-order valence-corrected chi connectivity index (χ0v) is 15.7. The summed E-state index contributed by atoms with van der Waals surface area (Å²) in [5, 5.41) is 0. The van der Waals surface area contributed by atoms with Crippen LogP contribution in [0.15, 0.2) is 48.7 Å². The molecular formula is C22H25N3O2. The van der Waals surface area contributed by atoms with E-state index in [1.165, 1.54) is 5.56 Å². The number of nitrogens with zero attached hydrogens (tertiary/aromatic N) is 3. The summed E-state index contributed by atoms with van der Waals surface area (Å²) in [4.78, 5) is 33.7. The highest BCUT2D eigenvalue weighted by Gasteiger charge is 2.41. The maximum atomic E-state index is 13.2. The third kappa shape index (κ3) is 4.18. The fourth-order valence-corrected chi connectivity index (χ4v) is 3.68. The molecule has 2 aliphatic rings. The molecule has 0 radical (unpaired) electrons. The quantitative estimate of drug-likeness (QED) is 0.793. The van der Waals surface area contributed by atoms with Gasteiger partial charge in [0.25, 0.3) is 0 Å². The SMILES string of the molecule is Cc1ccc(CN(C(=O)C2CC(=O)N(Cc3ccccn3)C2)C2CC2)cc1. The number of amides is 2. The van der Waals surface area contributed by atoms with Crippen LogP contribution in [0.5, 0.6) is 0 Å². The topological polar surface area (TPSA) is 53.5 Å². The molecule has 0 N–H and O–H groups in total. The highest BCUT2D eigenvalue weighted by Crippen LogP contribution is 2.32. The predicted molar refractivity (Wildman–Crippen MR) is 103 cm³/mol. The first-order valence-corrected chi connectivity index (χ1v) is 9.64. The molecule has 1 saturated heterocycles. The van der Waals surface area contributed by atoms with Crippen LogP contribution in [0.3, 0.4) is 0 Å². The maximum absolute atomic E-state index is 13.2. The lowest BCUT2D eigenvalue weighted by molar-refractivity contribution is -0.137. The Kier molecular flexibility index (Phi) is 4.92. The molecule has 2 aromatic rings. The summed E-state index contributed by atoms with van der Waals surface area (Å²) in [7, 11) is 0. The molecule has 1 atom stereocenters. The Labute approximate surface area is 160 Å². The molecule has 5 nitrogen and oxygen atoms in total. The van der Waals surface area contributed by atoms with Gasteiger partial charge in [-0.3, -0.25) is 14.6 Å². The monoisotopic (exact) mass is 363 g/mol. The fraction of sp³-hybridized carbons (Fsp3) is 0.409. The van der Waals surface area contributed by atoms with E-state index in [1.807, 2.05) is 23.1 Å². The van der Waals surface area contributed by atoms with Gasteiger partial charge in [-0.05, 0) is 37.5 Å². The minimum Gasteiger partial charge on any atom is -0.336 e. The van der Waals surface area contributed by atoms with E-state index >= 15 is 0 Å². The smallest absolute Gasteiger partial charge is 0.228 e. The molecule has 1 aliphatic carbocycles. The van der Waals surface area contributed by atoms with Gasteiger partial charge in [-0.25, -0.2) is 0 Å². The molecule has 1 saturated carbocycles. The lowest BCUT2D eigenvalue weighted by Gasteiger charge is -2.26. The van der Waals surface area contributed by atoms with Crippen LogP contribution in [0, 0.1) is 12.8 Å². The zero-order valence-electron chi connectivity index (χ0n) is 15.7. The summed E-state index contributed by atoms with van der Waals surface area (Å²) >= 11 is 0. The number of carbonyl (C=O) groups excluding carboxylic acids is 2. The zero-order chi connectivity index (χ0) is 18.8. The highest BCUT2D eigenvalue weighted by atomic mass is 16.2. The Morgan fingerprint density at radius 1 is 1.19 bits per heavy atom. The van der Waals surface area contributed by atoms with Gasteiger partial charge in [0.15, 0.2) is 0 Å². The summed E-state index contributed by atoms with van der Waals surface area (Å²) in [5.74, 6) is -0.0766. The standard InChI is InChI=1S/C22H25N3O2/c1-16-5-7-17(8-6-16)13-25(20-9-10-20)22(27)18-12-21(26)24(14-18)15-19-4-2-3-11-23-19/h2-8,11,18,20H,9-10,12-15H2,1H3. The van der Waals surface area contributed by atoms with Crippen molar-refractivity contribution >= 4 is 11.8 Å². The third-order valence-corrected chi connectivity index (χ3v) is 5.39. The number of pyridine rings is 1. The van der Waals surface area contributed by atoms with E-state index in [1.54, 1.807) is 11.1 Å². The first kappa shape index (κ1) is 17.7.